The Balaban J connectivity index is 4.32. The van der Waals surface area contributed by atoms with Crippen molar-refractivity contribution in [2.45, 2.75) is 66.6 Å². The van der Waals surface area contributed by atoms with Crippen LogP contribution in [0, 0.1) is 10.8 Å². The standard InChI is InChI=1S/C18H32N2O6/c1-17(2,3)11(21)7-9-19-15(25)13(23)14(24)16(26)20-10-8-12(22)18(4,5)6/h13-14,23-24H,7-10H2,1-6H3,(H,19,25)(H,20,26)/t13-,14-/m1/s1. The maximum absolute atomic E-state index is 11.8. The van der Waals surface area contributed by atoms with E-state index in [0.29, 0.717) is 0 Å². The number of hydrogen-bond donors (Lipinski definition) is 4. The predicted octanol–water partition coefficient (Wildman–Crippen LogP) is -0.0488. The maximum Gasteiger partial charge on any atom is 0.252 e. The van der Waals surface area contributed by atoms with Gasteiger partial charge in [-0.2, -0.15) is 0 Å². The molecule has 4 N–H and O–H groups in total. The molecule has 0 aliphatic heterocycles. The molecule has 0 rings (SSSR count). The molecule has 0 aromatic heterocycles. The Morgan fingerprint density at radius 3 is 1.19 bits per heavy atom. The van der Waals surface area contributed by atoms with Crippen LogP contribution in [0.15, 0.2) is 0 Å². The van der Waals surface area contributed by atoms with Gasteiger partial charge < -0.3 is 20.8 Å². The fourth-order valence-electron chi connectivity index (χ4n) is 1.84. The lowest BCUT2D eigenvalue weighted by Crippen LogP contribution is -2.50. The maximum atomic E-state index is 11.8. The number of Topliss-reactive ketones (excluding diaryl/α,β-unsaturated/α-hetero) is 2. The average molecular weight is 372 g/mol. The summed E-state index contributed by atoms with van der Waals surface area (Å²) in [6, 6.07) is 0. The molecule has 0 aromatic carbocycles. The van der Waals surface area contributed by atoms with Gasteiger partial charge in [-0.3, -0.25) is 19.2 Å². The van der Waals surface area contributed by atoms with Gasteiger partial charge in [0.25, 0.3) is 11.8 Å². The molecule has 150 valence electrons. The second-order valence-corrected chi connectivity index (χ2v) is 8.32. The first-order chi connectivity index (χ1) is 11.7. The summed E-state index contributed by atoms with van der Waals surface area (Å²) in [7, 11) is 0. The second kappa shape index (κ2) is 9.78. The number of ketones is 2. The van der Waals surface area contributed by atoms with E-state index in [2.05, 4.69) is 10.6 Å². The minimum Gasteiger partial charge on any atom is -0.380 e. The predicted molar refractivity (Wildman–Crippen MR) is 96.2 cm³/mol. The molecular formula is C18H32N2O6. The van der Waals surface area contributed by atoms with Crippen LogP contribution in [-0.4, -0.2) is 58.9 Å². The normalized spacial score (nSPS) is 14.3. The monoisotopic (exact) mass is 372 g/mol. The number of hydrogen-bond acceptors (Lipinski definition) is 6. The van der Waals surface area contributed by atoms with Crippen LogP contribution in [0.5, 0.6) is 0 Å². The van der Waals surface area contributed by atoms with Crippen molar-refractivity contribution in [3.63, 3.8) is 0 Å². The molecule has 0 aromatic rings. The molecule has 0 fully saturated rings. The van der Waals surface area contributed by atoms with Gasteiger partial charge in [0.05, 0.1) is 0 Å². The van der Waals surface area contributed by atoms with Crippen molar-refractivity contribution in [3.05, 3.63) is 0 Å². The number of amides is 2. The van der Waals surface area contributed by atoms with E-state index < -0.39 is 34.9 Å². The number of aliphatic hydroxyl groups is 2. The quantitative estimate of drug-likeness (QED) is 0.449. The molecule has 2 amide bonds. The fourth-order valence-corrected chi connectivity index (χ4v) is 1.84. The Hall–Kier alpha value is -1.80. The third kappa shape index (κ3) is 8.53. The summed E-state index contributed by atoms with van der Waals surface area (Å²) >= 11 is 0. The van der Waals surface area contributed by atoms with Crippen molar-refractivity contribution in [1.82, 2.24) is 10.6 Å². The first kappa shape index (κ1) is 24.2. The number of aliphatic hydroxyl groups excluding tert-OH is 2. The van der Waals surface area contributed by atoms with Gasteiger partial charge in [0.2, 0.25) is 0 Å². The van der Waals surface area contributed by atoms with Crippen LogP contribution in [0.4, 0.5) is 0 Å². The van der Waals surface area contributed by atoms with Crippen molar-refractivity contribution in [2.24, 2.45) is 10.8 Å². The second-order valence-electron chi connectivity index (χ2n) is 8.32. The van der Waals surface area contributed by atoms with Crippen LogP contribution in [0.3, 0.4) is 0 Å². The van der Waals surface area contributed by atoms with Gasteiger partial charge in [0.15, 0.2) is 12.2 Å². The van der Waals surface area contributed by atoms with E-state index in [1.54, 1.807) is 41.5 Å². The van der Waals surface area contributed by atoms with Crippen LogP contribution in [0.25, 0.3) is 0 Å². The number of nitrogens with one attached hydrogen (secondary N) is 2. The molecule has 8 nitrogen and oxygen atoms in total. The van der Waals surface area contributed by atoms with Gasteiger partial charge in [-0.1, -0.05) is 41.5 Å². The number of rotatable bonds is 9. The highest BCUT2D eigenvalue weighted by Crippen LogP contribution is 2.16. The Bertz CT molecular complexity index is 483. The van der Waals surface area contributed by atoms with Crippen molar-refractivity contribution < 1.29 is 29.4 Å². The van der Waals surface area contributed by atoms with E-state index in [1.807, 2.05) is 0 Å². The van der Waals surface area contributed by atoms with Gasteiger partial charge in [-0.05, 0) is 0 Å². The largest absolute Gasteiger partial charge is 0.380 e. The molecule has 2 atom stereocenters. The minimum atomic E-state index is -1.96. The van der Waals surface area contributed by atoms with E-state index in [1.165, 1.54) is 0 Å². The zero-order chi connectivity index (χ0) is 20.7. The molecule has 0 saturated carbocycles. The summed E-state index contributed by atoms with van der Waals surface area (Å²) < 4.78 is 0. The summed E-state index contributed by atoms with van der Waals surface area (Å²) in [5.74, 6) is -2.01. The topological polar surface area (TPSA) is 133 Å². The first-order valence-electron chi connectivity index (χ1n) is 8.66. The van der Waals surface area contributed by atoms with Gasteiger partial charge in [0, 0.05) is 36.8 Å². The number of carbonyl (C=O) groups is 4. The summed E-state index contributed by atoms with van der Waals surface area (Å²) in [4.78, 5) is 47.0. The summed E-state index contributed by atoms with van der Waals surface area (Å²) in [6.45, 7) is 10.5. The van der Waals surface area contributed by atoms with Crippen LogP contribution in [0.2, 0.25) is 0 Å². The minimum absolute atomic E-state index is 0.000417. The van der Waals surface area contributed by atoms with Crippen LogP contribution in [0.1, 0.15) is 54.4 Å². The molecule has 0 spiro atoms. The van der Waals surface area contributed by atoms with E-state index in [9.17, 15) is 29.4 Å². The summed E-state index contributed by atoms with van der Waals surface area (Å²) in [6.07, 6.45) is -3.76. The lowest BCUT2D eigenvalue weighted by atomic mass is 9.89. The highest BCUT2D eigenvalue weighted by Gasteiger charge is 2.30. The molecule has 0 bridgehead atoms. The van der Waals surface area contributed by atoms with Gasteiger partial charge in [0.1, 0.15) is 11.6 Å². The molecule has 0 aliphatic carbocycles. The van der Waals surface area contributed by atoms with Crippen LogP contribution >= 0.6 is 0 Å². The molecular weight excluding hydrogens is 340 g/mol. The van der Waals surface area contributed by atoms with E-state index in [0.717, 1.165) is 0 Å². The van der Waals surface area contributed by atoms with E-state index in [-0.39, 0.29) is 37.5 Å². The molecule has 0 heterocycles. The van der Waals surface area contributed by atoms with Crippen molar-refractivity contribution in [3.8, 4) is 0 Å². The Morgan fingerprint density at radius 2 is 0.962 bits per heavy atom. The molecule has 8 heteroatoms. The zero-order valence-corrected chi connectivity index (χ0v) is 16.5. The smallest absolute Gasteiger partial charge is 0.252 e. The lowest BCUT2D eigenvalue weighted by Gasteiger charge is -2.19. The van der Waals surface area contributed by atoms with Crippen molar-refractivity contribution >= 4 is 23.4 Å². The van der Waals surface area contributed by atoms with Gasteiger partial charge in [-0.25, -0.2) is 0 Å². The van der Waals surface area contributed by atoms with Gasteiger partial charge >= 0.3 is 0 Å². The number of carbonyl (C=O) groups excluding carboxylic acids is 4. The third-order valence-corrected chi connectivity index (χ3v) is 3.81. The lowest BCUT2D eigenvalue weighted by molar-refractivity contribution is -0.146. The molecule has 26 heavy (non-hydrogen) atoms. The fraction of sp³-hybridized carbons (Fsp3) is 0.778. The van der Waals surface area contributed by atoms with Crippen molar-refractivity contribution in [1.29, 1.82) is 0 Å². The zero-order valence-electron chi connectivity index (χ0n) is 16.5. The van der Waals surface area contributed by atoms with Crippen molar-refractivity contribution in [2.75, 3.05) is 13.1 Å². The highest BCUT2D eigenvalue weighted by atomic mass is 16.3. The third-order valence-electron chi connectivity index (χ3n) is 3.81. The summed E-state index contributed by atoms with van der Waals surface area (Å²) in [5, 5.41) is 24.1. The Kier molecular flexibility index (Phi) is 9.10. The average Bonchev–Trinajstić information content (AvgIpc) is 2.50. The molecule has 0 saturated heterocycles. The Morgan fingerprint density at radius 1 is 0.692 bits per heavy atom. The highest BCUT2D eigenvalue weighted by molar-refractivity contribution is 5.91. The molecule has 0 radical (unpaired) electrons. The Labute approximate surface area is 154 Å². The van der Waals surface area contributed by atoms with E-state index in [4.69, 9.17) is 0 Å². The SMILES string of the molecule is CC(C)(C)C(=O)CCNC(=O)[C@H](O)[C@@H](O)C(=O)NCCC(=O)C(C)(C)C. The van der Waals surface area contributed by atoms with Gasteiger partial charge in [-0.15, -0.1) is 0 Å². The molecule has 0 aliphatic rings. The first-order valence-corrected chi connectivity index (χ1v) is 8.66. The van der Waals surface area contributed by atoms with Crippen LogP contribution < -0.4 is 10.6 Å². The summed E-state index contributed by atoms with van der Waals surface area (Å²) in [5.41, 5.74) is -1.07. The van der Waals surface area contributed by atoms with Crippen LogP contribution in [-0.2, 0) is 19.2 Å². The van der Waals surface area contributed by atoms with E-state index >= 15 is 0 Å². The molecule has 0 unspecified atom stereocenters.